The van der Waals surface area contributed by atoms with E-state index in [1.54, 1.807) is 0 Å². The molecule has 0 unspecified atom stereocenters. The van der Waals surface area contributed by atoms with Crippen LogP contribution in [0.1, 0.15) is 27.2 Å². The van der Waals surface area contributed by atoms with Gasteiger partial charge in [-0.2, -0.15) is 0 Å². The Morgan fingerprint density at radius 3 is 2.05 bits per heavy atom. The number of ether oxygens (including phenoxy) is 3. The molecule has 4 heterocycles. The zero-order chi connectivity index (χ0) is 27.1. The van der Waals surface area contributed by atoms with Crippen LogP contribution in [0, 0.1) is 5.92 Å². The monoisotopic (exact) mass is 570 g/mol. The number of halogens is 2. The van der Waals surface area contributed by atoms with Crippen LogP contribution >= 0.6 is 23.5 Å². The molecule has 4 aliphatic rings. The number of nitrogens with zero attached hydrogens (tertiary/aromatic N) is 2. The molecule has 0 aromatic carbocycles. The number of thioether (sulfide) groups is 2. The fourth-order valence-corrected chi connectivity index (χ4v) is 6.85. The summed E-state index contributed by atoms with van der Waals surface area (Å²) in [4.78, 5) is 19.4. The van der Waals surface area contributed by atoms with Crippen molar-refractivity contribution < 1.29 is 43.1 Å². The van der Waals surface area contributed by atoms with Crippen molar-refractivity contribution in [2.24, 2.45) is 15.9 Å². The van der Waals surface area contributed by atoms with Crippen LogP contribution in [0.4, 0.5) is 8.78 Å². The van der Waals surface area contributed by atoms with Crippen LogP contribution in [0.3, 0.4) is 0 Å². The lowest BCUT2D eigenvalue weighted by Crippen LogP contribution is -2.59. The van der Waals surface area contributed by atoms with Gasteiger partial charge in [0.05, 0.1) is 31.8 Å². The van der Waals surface area contributed by atoms with Crippen molar-refractivity contribution in [2.45, 2.75) is 80.7 Å². The number of rotatable bonds is 7. The molecule has 4 aliphatic heterocycles. The summed E-state index contributed by atoms with van der Waals surface area (Å²) in [6.07, 6.45) is -2.33. The lowest BCUT2D eigenvalue weighted by molar-refractivity contribution is -0.168. The average Bonchev–Trinajstić information content (AvgIpc) is 3.49. The average molecular weight is 571 g/mol. The smallest absolute Gasteiger partial charge is 0.302 e. The molecule has 37 heavy (non-hydrogen) atoms. The highest BCUT2D eigenvalue weighted by Crippen LogP contribution is 2.38. The Kier molecular flexibility index (Phi) is 11.7. The third-order valence-corrected chi connectivity index (χ3v) is 8.58. The maximum atomic E-state index is 12.2. The van der Waals surface area contributed by atoms with Crippen LogP contribution in [0.15, 0.2) is 9.98 Å². The normalized spacial score (nSPS) is 40.8. The summed E-state index contributed by atoms with van der Waals surface area (Å²) in [5, 5.41) is 35.7. The molecule has 0 amide bonds. The van der Waals surface area contributed by atoms with Gasteiger partial charge in [-0.05, 0) is 6.42 Å². The number of esters is 1. The third-order valence-electron chi connectivity index (χ3n) is 6.36. The number of carbonyl (C=O) groups excluding carboxylic acids is 1. The summed E-state index contributed by atoms with van der Waals surface area (Å²) in [7, 11) is 0. The van der Waals surface area contributed by atoms with Crippen LogP contribution in [0.2, 0.25) is 0 Å². The van der Waals surface area contributed by atoms with E-state index in [0.717, 1.165) is 6.42 Å². The van der Waals surface area contributed by atoms with E-state index in [4.69, 9.17) is 19.3 Å². The number of aliphatic hydroxyl groups is 3. The van der Waals surface area contributed by atoms with Crippen molar-refractivity contribution in [3.05, 3.63) is 0 Å². The van der Waals surface area contributed by atoms with Gasteiger partial charge >= 0.3 is 5.97 Å². The Hall–Kier alpha value is -1.23. The maximum Gasteiger partial charge on any atom is 0.302 e. The van der Waals surface area contributed by atoms with Crippen molar-refractivity contribution in [1.82, 2.24) is 10.6 Å². The van der Waals surface area contributed by atoms with E-state index in [0.29, 0.717) is 10.3 Å². The number of hydrogen-bond acceptors (Lipinski definition) is 11. The van der Waals surface area contributed by atoms with Gasteiger partial charge in [-0.25, -0.2) is 8.78 Å². The van der Waals surface area contributed by atoms with Crippen LogP contribution in [-0.4, -0.2) is 118 Å². The van der Waals surface area contributed by atoms with E-state index in [2.05, 4.69) is 27.5 Å². The van der Waals surface area contributed by atoms with Crippen molar-refractivity contribution >= 4 is 39.8 Å². The fraction of sp³-hybridized carbons (Fsp3) is 0.864. The van der Waals surface area contributed by atoms with Gasteiger partial charge in [0.25, 0.3) is 0 Å². The summed E-state index contributed by atoms with van der Waals surface area (Å²) < 4.78 is 41.1. The Bertz CT molecular complexity index is 830. The van der Waals surface area contributed by atoms with Crippen molar-refractivity contribution in [3.63, 3.8) is 0 Å². The molecule has 4 rings (SSSR count). The second-order valence-corrected chi connectivity index (χ2v) is 11.1. The molecule has 15 heteroatoms. The van der Waals surface area contributed by atoms with Crippen LogP contribution in [0.25, 0.3) is 0 Å². The number of alkyl halides is 2. The molecule has 0 aromatic heterocycles. The number of aliphatic hydroxyl groups excluding tert-OH is 3. The van der Waals surface area contributed by atoms with Gasteiger partial charge in [-0.1, -0.05) is 37.4 Å². The first kappa shape index (κ1) is 30.3. The van der Waals surface area contributed by atoms with E-state index >= 15 is 0 Å². The third kappa shape index (κ3) is 7.46. The molecule has 10 atom stereocenters. The topological polar surface area (TPSA) is 154 Å². The number of carbonyl (C=O) groups is 1. The molecule has 0 spiro atoms. The highest BCUT2D eigenvalue weighted by Gasteiger charge is 2.50. The van der Waals surface area contributed by atoms with Crippen LogP contribution in [0.5, 0.6) is 0 Å². The van der Waals surface area contributed by atoms with Gasteiger partial charge < -0.3 is 40.2 Å². The van der Waals surface area contributed by atoms with Gasteiger partial charge in [0.2, 0.25) is 0 Å². The van der Waals surface area contributed by atoms with Crippen LogP contribution in [-0.2, 0) is 19.0 Å². The molecular weight excluding hydrogens is 534 g/mol. The summed E-state index contributed by atoms with van der Waals surface area (Å²) >= 11 is 2.67. The minimum Gasteiger partial charge on any atom is -0.460 e. The zero-order valence-corrected chi connectivity index (χ0v) is 22.6. The molecule has 0 saturated carbocycles. The first-order valence-electron chi connectivity index (χ1n) is 12.3. The quantitative estimate of drug-likeness (QED) is 0.266. The van der Waals surface area contributed by atoms with Gasteiger partial charge in [0, 0.05) is 12.8 Å². The molecule has 0 aromatic rings. The Morgan fingerprint density at radius 2 is 1.54 bits per heavy atom. The molecule has 0 aliphatic carbocycles. The fourth-order valence-electron chi connectivity index (χ4n) is 4.53. The van der Waals surface area contributed by atoms with Gasteiger partial charge in [0.1, 0.15) is 54.7 Å². The minimum absolute atomic E-state index is 0.0513. The van der Waals surface area contributed by atoms with Gasteiger partial charge in [-0.15, -0.1) is 0 Å². The second-order valence-electron chi connectivity index (χ2n) is 8.92. The lowest BCUT2D eigenvalue weighted by atomic mass is 9.88. The largest absolute Gasteiger partial charge is 0.460 e. The summed E-state index contributed by atoms with van der Waals surface area (Å²) in [6, 6.07) is -0.615. The Balaban J connectivity index is 0.000000208. The lowest BCUT2D eigenvalue weighted by Gasteiger charge is -2.41. The van der Waals surface area contributed by atoms with E-state index in [1.165, 1.54) is 30.4 Å². The molecule has 5 N–H and O–H groups in total. The van der Waals surface area contributed by atoms with Crippen molar-refractivity contribution in [2.75, 3.05) is 33.0 Å². The van der Waals surface area contributed by atoms with E-state index in [9.17, 15) is 23.8 Å². The molecular formula is C22H36F2N4O7S2. The SMILES string of the molecule is CC[C@H]1O[C@@H]2SC(=NCCF)N[C@@H]2[C@@H](OC(C)=O)[C@@H]1C.OC[C@H]1O[C@@H]2SC(=NCCF)N[C@@H]2[C@@H](O)[C@@H]1O. The molecule has 4 saturated heterocycles. The van der Waals surface area contributed by atoms with Gasteiger partial charge in [0.15, 0.2) is 10.3 Å². The molecule has 4 fully saturated rings. The second kappa shape index (κ2) is 14.2. The first-order chi connectivity index (χ1) is 17.7. The standard InChI is InChI=1S/C13H21FN2O3S.C9H15FN2O4S/c1-4-9-7(2)11(18-8(3)17)10-12(19-9)20-13(16-10)15-6-5-14;10-1-2-11-9-12-5-7(15)6(14)4(3-13)16-8(5)17-9/h7,9-12H,4-6H2,1-3H3,(H,15,16);4-8,13-15H,1-3H2,(H,11,12)/t7-,9-,10-,11+,12-;4-,5-,6-,7-,8-/m11/s1. The predicted molar refractivity (Wildman–Crippen MR) is 137 cm³/mol. The van der Waals surface area contributed by atoms with E-state index in [1.807, 2.05) is 6.92 Å². The summed E-state index contributed by atoms with van der Waals surface area (Å²) in [6.45, 7) is 4.29. The number of nitrogens with one attached hydrogen (secondary N) is 2. The number of hydrogen-bond donors (Lipinski definition) is 5. The first-order valence-corrected chi connectivity index (χ1v) is 14.0. The van der Waals surface area contributed by atoms with Crippen LogP contribution < -0.4 is 10.6 Å². The maximum absolute atomic E-state index is 12.2. The Labute approximate surface area is 223 Å². The van der Waals surface area contributed by atoms with Crippen molar-refractivity contribution in [1.29, 1.82) is 0 Å². The number of fused-ring (bicyclic) bond motifs is 2. The summed E-state index contributed by atoms with van der Waals surface area (Å²) in [5.74, 6) is -0.183. The highest BCUT2D eigenvalue weighted by atomic mass is 32.2. The zero-order valence-electron chi connectivity index (χ0n) is 21.0. The molecule has 0 bridgehead atoms. The van der Waals surface area contributed by atoms with Crippen molar-refractivity contribution in [3.8, 4) is 0 Å². The van der Waals surface area contributed by atoms with E-state index < -0.39 is 43.1 Å². The number of aliphatic imine (C=N–C) groups is 2. The number of amidine groups is 2. The molecule has 0 radical (unpaired) electrons. The van der Waals surface area contributed by atoms with Gasteiger partial charge in [-0.3, -0.25) is 14.8 Å². The van der Waals surface area contributed by atoms with E-state index in [-0.39, 0.29) is 55.3 Å². The molecule has 212 valence electrons. The predicted octanol–water partition coefficient (Wildman–Crippen LogP) is 0.176. The highest BCUT2D eigenvalue weighted by molar-refractivity contribution is 8.14. The summed E-state index contributed by atoms with van der Waals surface area (Å²) in [5.41, 5.74) is -0.567. The Morgan fingerprint density at radius 1 is 1.00 bits per heavy atom. The molecule has 11 nitrogen and oxygen atoms in total. The minimum atomic E-state index is -1.14.